The van der Waals surface area contributed by atoms with E-state index in [1.807, 2.05) is 28.9 Å². The van der Waals surface area contributed by atoms with Crippen molar-refractivity contribution < 1.29 is 4.74 Å². The van der Waals surface area contributed by atoms with Gasteiger partial charge in [0.05, 0.1) is 18.3 Å². The Morgan fingerprint density at radius 3 is 2.70 bits per heavy atom. The summed E-state index contributed by atoms with van der Waals surface area (Å²) in [6.45, 7) is 4.35. The monoisotopic (exact) mass is 315 g/mol. The second kappa shape index (κ2) is 6.66. The first-order valence-corrected chi connectivity index (χ1v) is 8.36. The lowest BCUT2D eigenvalue weighted by atomic mass is 9.80. The lowest BCUT2D eigenvalue weighted by molar-refractivity contribution is 0.201. The molecule has 0 saturated heterocycles. The summed E-state index contributed by atoms with van der Waals surface area (Å²) >= 11 is 0. The molecule has 0 radical (unpaired) electrons. The van der Waals surface area contributed by atoms with Gasteiger partial charge in [0.2, 0.25) is 0 Å². The normalized spacial score (nSPS) is 17.4. The number of hydrogen-bond acceptors (Lipinski definition) is 5. The fourth-order valence-electron chi connectivity index (χ4n) is 3.54. The molecule has 1 heterocycles. The van der Waals surface area contributed by atoms with Gasteiger partial charge in [0, 0.05) is 12.1 Å². The van der Waals surface area contributed by atoms with E-state index in [0.29, 0.717) is 6.04 Å². The molecule has 0 amide bonds. The molecule has 124 valence electrons. The Hall–Kier alpha value is -1.95. The first kappa shape index (κ1) is 15.9. The molecule has 0 spiro atoms. The average Bonchev–Trinajstić information content (AvgIpc) is 3.05. The quantitative estimate of drug-likeness (QED) is 0.919. The van der Waals surface area contributed by atoms with Gasteiger partial charge in [0.15, 0.2) is 5.82 Å². The number of nitrogens with zero attached hydrogens (tertiary/aromatic N) is 4. The molecule has 1 aliphatic carbocycles. The topological polar surface area (TPSA) is 64.9 Å². The summed E-state index contributed by atoms with van der Waals surface area (Å²) < 4.78 is 7.18. The SMILES string of the molecule is COc1cccc(-n2nnnc2C2(NC(C)C)CCCCC2)c1. The van der Waals surface area contributed by atoms with Crippen LogP contribution in [-0.4, -0.2) is 33.4 Å². The molecule has 23 heavy (non-hydrogen) atoms. The van der Waals surface area contributed by atoms with E-state index >= 15 is 0 Å². The van der Waals surface area contributed by atoms with Gasteiger partial charge in [0.25, 0.3) is 0 Å². The van der Waals surface area contributed by atoms with Gasteiger partial charge < -0.3 is 10.1 Å². The van der Waals surface area contributed by atoms with Crippen molar-refractivity contribution in [2.75, 3.05) is 7.11 Å². The summed E-state index contributed by atoms with van der Waals surface area (Å²) in [5.74, 6) is 1.71. The fraction of sp³-hybridized carbons (Fsp3) is 0.588. The maximum absolute atomic E-state index is 5.33. The van der Waals surface area contributed by atoms with E-state index in [4.69, 9.17) is 4.74 Å². The van der Waals surface area contributed by atoms with Crippen LogP contribution in [0.2, 0.25) is 0 Å². The maximum atomic E-state index is 5.33. The third-order valence-electron chi connectivity index (χ3n) is 4.47. The molecule has 1 aromatic carbocycles. The highest BCUT2D eigenvalue weighted by Crippen LogP contribution is 2.37. The molecule has 1 saturated carbocycles. The third-order valence-corrected chi connectivity index (χ3v) is 4.47. The Bertz CT molecular complexity index is 646. The van der Waals surface area contributed by atoms with E-state index in [1.165, 1.54) is 19.3 Å². The molecule has 0 bridgehead atoms. The molecule has 0 atom stereocenters. The zero-order valence-corrected chi connectivity index (χ0v) is 14.1. The third kappa shape index (κ3) is 3.22. The molecule has 1 aromatic heterocycles. The van der Waals surface area contributed by atoms with Gasteiger partial charge in [0.1, 0.15) is 5.75 Å². The number of nitrogens with one attached hydrogen (secondary N) is 1. The standard InChI is InChI=1S/C17H25N5O/c1-13(2)18-17(10-5-4-6-11-17)16-19-20-21-22(16)14-8-7-9-15(12-14)23-3/h7-9,12-13,18H,4-6,10-11H2,1-3H3. The Kier molecular flexibility index (Phi) is 4.61. The number of aromatic nitrogens is 4. The second-order valence-corrected chi connectivity index (χ2v) is 6.56. The minimum Gasteiger partial charge on any atom is -0.497 e. The highest BCUT2D eigenvalue weighted by Gasteiger charge is 2.39. The highest BCUT2D eigenvalue weighted by atomic mass is 16.5. The van der Waals surface area contributed by atoms with E-state index in [2.05, 4.69) is 34.7 Å². The number of hydrogen-bond donors (Lipinski definition) is 1. The number of methoxy groups -OCH3 is 1. The molecule has 6 nitrogen and oxygen atoms in total. The Labute approximate surface area is 137 Å². The van der Waals surface area contributed by atoms with Crippen molar-refractivity contribution in [1.29, 1.82) is 0 Å². The lowest BCUT2D eigenvalue weighted by Gasteiger charge is -2.38. The van der Waals surface area contributed by atoms with E-state index in [0.717, 1.165) is 30.1 Å². The van der Waals surface area contributed by atoms with Crippen LogP contribution in [0, 0.1) is 0 Å². The summed E-state index contributed by atoms with van der Waals surface area (Å²) in [6, 6.07) is 8.24. The number of benzene rings is 1. The van der Waals surface area contributed by atoms with Crippen molar-refractivity contribution in [3.8, 4) is 11.4 Å². The van der Waals surface area contributed by atoms with Crippen molar-refractivity contribution in [2.24, 2.45) is 0 Å². The van der Waals surface area contributed by atoms with Crippen LogP contribution in [0.25, 0.3) is 5.69 Å². The van der Waals surface area contributed by atoms with Gasteiger partial charge >= 0.3 is 0 Å². The largest absolute Gasteiger partial charge is 0.497 e. The number of rotatable bonds is 5. The zero-order chi connectivity index (χ0) is 16.3. The van der Waals surface area contributed by atoms with Crippen LogP contribution in [0.1, 0.15) is 51.8 Å². The van der Waals surface area contributed by atoms with Gasteiger partial charge in [-0.15, -0.1) is 5.10 Å². The summed E-state index contributed by atoms with van der Waals surface area (Å²) in [5.41, 5.74) is 0.777. The molecule has 2 aromatic rings. The van der Waals surface area contributed by atoms with Crippen LogP contribution in [0.5, 0.6) is 5.75 Å². The minimum absolute atomic E-state index is 0.154. The summed E-state index contributed by atoms with van der Waals surface area (Å²) in [5, 5.41) is 16.4. The van der Waals surface area contributed by atoms with Gasteiger partial charge in [-0.3, -0.25) is 0 Å². The van der Waals surface area contributed by atoms with E-state index in [1.54, 1.807) is 7.11 Å². The van der Waals surface area contributed by atoms with Crippen molar-refractivity contribution in [3.05, 3.63) is 30.1 Å². The van der Waals surface area contributed by atoms with Crippen molar-refractivity contribution in [3.63, 3.8) is 0 Å². The number of ether oxygens (including phenoxy) is 1. The van der Waals surface area contributed by atoms with Crippen molar-refractivity contribution in [1.82, 2.24) is 25.5 Å². The molecule has 3 rings (SSSR count). The lowest BCUT2D eigenvalue weighted by Crippen LogP contribution is -2.49. The average molecular weight is 315 g/mol. The van der Waals surface area contributed by atoms with Crippen molar-refractivity contribution in [2.45, 2.75) is 57.5 Å². The van der Waals surface area contributed by atoms with Crippen LogP contribution in [-0.2, 0) is 5.54 Å². The molecule has 1 aliphatic rings. The van der Waals surface area contributed by atoms with Gasteiger partial charge in [-0.2, -0.15) is 4.68 Å². The predicted molar refractivity (Wildman–Crippen MR) is 88.7 cm³/mol. The molecule has 1 N–H and O–H groups in total. The summed E-state index contributed by atoms with van der Waals surface area (Å²) in [4.78, 5) is 0. The first-order valence-electron chi connectivity index (χ1n) is 8.36. The molecule has 0 aliphatic heterocycles. The van der Waals surface area contributed by atoms with E-state index in [-0.39, 0.29) is 5.54 Å². The van der Waals surface area contributed by atoms with Gasteiger partial charge in [-0.25, -0.2) is 0 Å². The van der Waals surface area contributed by atoms with Crippen LogP contribution < -0.4 is 10.1 Å². The Morgan fingerprint density at radius 1 is 1.22 bits per heavy atom. The Morgan fingerprint density at radius 2 is 2.00 bits per heavy atom. The fourth-order valence-corrected chi connectivity index (χ4v) is 3.54. The molecule has 1 fully saturated rings. The van der Waals surface area contributed by atoms with Gasteiger partial charge in [-0.05, 0) is 49.2 Å². The van der Waals surface area contributed by atoms with E-state index < -0.39 is 0 Å². The predicted octanol–water partition coefficient (Wildman–Crippen LogP) is 2.83. The second-order valence-electron chi connectivity index (χ2n) is 6.56. The van der Waals surface area contributed by atoms with Crippen LogP contribution in [0.3, 0.4) is 0 Å². The molecule has 0 unspecified atom stereocenters. The van der Waals surface area contributed by atoms with Gasteiger partial charge in [-0.1, -0.05) is 25.3 Å². The molecule has 6 heteroatoms. The summed E-state index contributed by atoms with van der Waals surface area (Å²) in [7, 11) is 1.67. The first-order chi connectivity index (χ1) is 11.1. The molecular formula is C17H25N5O. The smallest absolute Gasteiger partial charge is 0.176 e. The zero-order valence-electron chi connectivity index (χ0n) is 14.1. The minimum atomic E-state index is -0.154. The van der Waals surface area contributed by atoms with Crippen LogP contribution in [0.15, 0.2) is 24.3 Å². The highest BCUT2D eigenvalue weighted by molar-refractivity contribution is 5.39. The summed E-state index contributed by atoms with van der Waals surface area (Å²) in [6.07, 6.45) is 5.81. The number of tetrazole rings is 1. The van der Waals surface area contributed by atoms with Crippen LogP contribution in [0.4, 0.5) is 0 Å². The maximum Gasteiger partial charge on any atom is 0.176 e. The van der Waals surface area contributed by atoms with Crippen molar-refractivity contribution >= 4 is 0 Å². The van der Waals surface area contributed by atoms with Crippen LogP contribution >= 0.6 is 0 Å². The van der Waals surface area contributed by atoms with E-state index in [9.17, 15) is 0 Å². The Balaban J connectivity index is 2.03. The molecular weight excluding hydrogens is 290 g/mol.